The number of carbonyl (C=O) groups excluding carboxylic acids is 1. The second-order valence-corrected chi connectivity index (χ2v) is 6.85. The Bertz CT molecular complexity index is 837. The van der Waals surface area contributed by atoms with Crippen molar-refractivity contribution in [2.24, 2.45) is 0 Å². The lowest BCUT2D eigenvalue weighted by molar-refractivity contribution is 0.102. The Kier molecular flexibility index (Phi) is 5.21. The highest BCUT2D eigenvalue weighted by Gasteiger charge is 2.12. The van der Waals surface area contributed by atoms with Gasteiger partial charge in [-0.2, -0.15) is 0 Å². The topological polar surface area (TPSA) is 68.0 Å². The first kappa shape index (κ1) is 16.6. The second kappa shape index (κ2) is 7.54. The Morgan fingerprint density at radius 3 is 2.88 bits per heavy atom. The van der Waals surface area contributed by atoms with Crippen LogP contribution in [0.4, 0.5) is 13.9 Å². The van der Waals surface area contributed by atoms with Crippen LogP contribution in [-0.2, 0) is 6.54 Å². The van der Waals surface area contributed by atoms with E-state index in [2.05, 4.69) is 15.5 Å². The number of hydrogen-bond donors (Lipinski definition) is 1. The van der Waals surface area contributed by atoms with Crippen molar-refractivity contribution in [1.82, 2.24) is 10.2 Å². The summed E-state index contributed by atoms with van der Waals surface area (Å²) in [6.07, 6.45) is 1.59. The lowest BCUT2D eigenvalue weighted by Crippen LogP contribution is -2.03. The van der Waals surface area contributed by atoms with Gasteiger partial charge in [0, 0.05) is 5.56 Å². The van der Waals surface area contributed by atoms with Crippen LogP contribution in [0, 0.1) is 11.6 Å². The summed E-state index contributed by atoms with van der Waals surface area (Å²) in [5.74, 6) is -1.48. The number of Topliss-reactive ketones (excluding diaryl/α,β-unsaturated/α-hetero) is 1. The van der Waals surface area contributed by atoms with Crippen LogP contribution in [0.3, 0.4) is 0 Å². The number of carbonyl (C=O) groups is 1. The fraction of sp³-hybridized carbons (Fsp3) is 0.133. The van der Waals surface area contributed by atoms with Gasteiger partial charge in [-0.25, -0.2) is 8.78 Å². The standard InChI is InChI=1S/C15H11F2N3O2S2/c16-11-4-3-9(6-12(11)17)13(21)8-23-15-20-19-14(24-15)18-7-10-2-1-5-22-10/h1-6H,7-8H2,(H,18,19). The maximum Gasteiger partial charge on any atom is 0.206 e. The van der Waals surface area contributed by atoms with E-state index in [0.29, 0.717) is 16.0 Å². The molecule has 1 aromatic carbocycles. The zero-order valence-corrected chi connectivity index (χ0v) is 13.8. The first-order chi connectivity index (χ1) is 11.6. The largest absolute Gasteiger partial charge is 0.467 e. The van der Waals surface area contributed by atoms with E-state index >= 15 is 0 Å². The molecule has 0 saturated heterocycles. The normalized spacial score (nSPS) is 10.8. The van der Waals surface area contributed by atoms with E-state index < -0.39 is 11.6 Å². The highest BCUT2D eigenvalue weighted by Crippen LogP contribution is 2.26. The molecule has 2 heterocycles. The van der Waals surface area contributed by atoms with Gasteiger partial charge in [0.2, 0.25) is 5.13 Å². The van der Waals surface area contributed by atoms with E-state index in [0.717, 1.165) is 17.9 Å². The molecule has 0 radical (unpaired) electrons. The molecule has 0 aliphatic carbocycles. The summed E-state index contributed by atoms with van der Waals surface area (Å²) < 4.78 is 31.8. The number of nitrogens with one attached hydrogen (secondary N) is 1. The third-order valence-corrected chi connectivity index (χ3v) is 4.98. The molecular weight excluding hydrogens is 356 g/mol. The summed E-state index contributed by atoms with van der Waals surface area (Å²) in [5.41, 5.74) is 0.127. The van der Waals surface area contributed by atoms with Gasteiger partial charge in [-0.3, -0.25) is 4.79 Å². The van der Waals surface area contributed by atoms with Crippen molar-refractivity contribution in [1.29, 1.82) is 0 Å². The Morgan fingerprint density at radius 2 is 2.12 bits per heavy atom. The van der Waals surface area contributed by atoms with Gasteiger partial charge < -0.3 is 9.73 Å². The summed E-state index contributed by atoms with van der Waals surface area (Å²) >= 11 is 2.49. The molecule has 0 unspecified atom stereocenters. The number of nitrogens with zero attached hydrogens (tertiary/aromatic N) is 2. The van der Waals surface area contributed by atoms with Gasteiger partial charge in [-0.1, -0.05) is 23.1 Å². The van der Waals surface area contributed by atoms with Crippen LogP contribution < -0.4 is 5.32 Å². The minimum atomic E-state index is -1.04. The molecule has 0 aliphatic heterocycles. The minimum absolute atomic E-state index is 0.0674. The number of furan rings is 1. The Labute approximate surface area is 144 Å². The fourth-order valence-electron chi connectivity index (χ4n) is 1.80. The maximum absolute atomic E-state index is 13.1. The first-order valence-electron chi connectivity index (χ1n) is 6.82. The molecule has 24 heavy (non-hydrogen) atoms. The van der Waals surface area contributed by atoms with Gasteiger partial charge in [0.1, 0.15) is 5.76 Å². The van der Waals surface area contributed by atoms with Crippen LogP contribution in [0.25, 0.3) is 0 Å². The van der Waals surface area contributed by atoms with E-state index in [1.165, 1.54) is 29.2 Å². The average molecular weight is 367 g/mol. The number of rotatable bonds is 7. The zero-order valence-electron chi connectivity index (χ0n) is 12.2. The molecule has 9 heteroatoms. The molecule has 0 atom stereocenters. The second-order valence-electron chi connectivity index (χ2n) is 4.65. The van der Waals surface area contributed by atoms with Crippen molar-refractivity contribution >= 4 is 34.0 Å². The fourth-order valence-corrected chi connectivity index (χ4v) is 3.44. The molecule has 5 nitrogen and oxygen atoms in total. The van der Waals surface area contributed by atoms with E-state index in [4.69, 9.17) is 4.42 Å². The molecule has 3 aromatic rings. The van der Waals surface area contributed by atoms with Gasteiger partial charge in [0.05, 0.1) is 18.6 Å². The number of halogens is 2. The van der Waals surface area contributed by atoms with Gasteiger partial charge in [-0.05, 0) is 30.3 Å². The summed E-state index contributed by atoms with van der Waals surface area (Å²) in [7, 11) is 0. The van der Waals surface area contributed by atoms with Crippen molar-refractivity contribution in [2.45, 2.75) is 10.9 Å². The number of ketones is 1. The number of anilines is 1. The summed E-state index contributed by atoms with van der Waals surface area (Å²) in [4.78, 5) is 12.0. The number of thioether (sulfide) groups is 1. The Morgan fingerprint density at radius 1 is 1.25 bits per heavy atom. The van der Waals surface area contributed by atoms with E-state index in [1.54, 1.807) is 12.3 Å². The Hall–Kier alpha value is -2.26. The van der Waals surface area contributed by atoms with Crippen molar-refractivity contribution in [2.75, 3.05) is 11.1 Å². The van der Waals surface area contributed by atoms with Gasteiger partial charge in [0.15, 0.2) is 21.8 Å². The molecular formula is C15H11F2N3O2S2. The molecule has 0 bridgehead atoms. The minimum Gasteiger partial charge on any atom is -0.467 e. The molecule has 0 aliphatic rings. The molecule has 0 fully saturated rings. The van der Waals surface area contributed by atoms with E-state index in [-0.39, 0.29) is 17.1 Å². The van der Waals surface area contributed by atoms with Crippen molar-refractivity contribution < 1.29 is 18.0 Å². The molecule has 2 aromatic heterocycles. The molecule has 0 saturated carbocycles. The van der Waals surface area contributed by atoms with Crippen LogP contribution in [0.2, 0.25) is 0 Å². The predicted octanol–water partition coefficient (Wildman–Crippen LogP) is 4.00. The number of hydrogen-bond acceptors (Lipinski definition) is 7. The quantitative estimate of drug-likeness (QED) is 0.503. The van der Waals surface area contributed by atoms with Crippen molar-refractivity contribution in [3.63, 3.8) is 0 Å². The Balaban J connectivity index is 1.53. The molecule has 3 rings (SSSR count). The number of aromatic nitrogens is 2. The smallest absolute Gasteiger partial charge is 0.206 e. The molecule has 0 amide bonds. The van der Waals surface area contributed by atoms with Crippen LogP contribution in [-0.4, -0.2) is 21.7 Å². The molecule has 0 spiro atoms. The first-order valence-corrected chi connectivity index (χ1v) is 8.63. The zero-order chi connectivity index (χ0) is 16.9. The lowest BCUT2D eigenvalue weighted by atomic mass is 10.1. The summed E-state index contributed by atoms with van der Waals surface area (Å²) in [6.45, 7) is 0.486. The number of benzene rings is 1. The van der Waals surface area contributed by atoms with E-state index in [1.807, 2.05) is 6.07 Å². The third-order valence-electron chi connectivity index (χ3n) is 2.97. The summed E-state index contributed by atoms with van der Waals surface area (Å²) in [6, 6.07) is 6.73. The highest BCUT2D eigenvalue weighted by atomic mass is 32.2. The maximum atomic E-state index is 13.1. The van der Waals surface area contributed by atoms with Crippen LogP contribution in [0.1, 0.15) is 16.1 Å². The monoisotopic (exact) mass is 367 g/mol. The van der Waals surface area contributed by atoms with Gasteiger partial charge in [0.25, 0.3) is 0 Å². The van der Waals surface area contributed by atoms with Crippen molar-refractivity contribution in [3.05, 3.63) is 59.6 Å². The van der Waals surface area contributed by atoms with E-state index in [9.17, 15) is 13.6 Å². The van der Waals surface area contributed by atoms with Gasteiger partial charge >= 0.3 is 0 Å². The van der Waals surface area contributed by atoms with Crippen LogP contribution >= 0.6 is 23.1 Å². The highest BCUT2D eigenvalue weighted by molar-refractivity contribution is 8.01. The van der Waals surface area contributed by atoms with Gasteiger partial charge in [-0.15, -0.1) is 10.2 Å². The predicted molar refractivity (Wildman–Crippen MR) is 87.4 cm³/mol. The average Bonchev–Trinajstić information content (AvgIpc) is 3.24. The molecule has 124 valence electrons. The lowest BCUT2D eigenvalue weighted by Gasteiger charge is -2.00. The SMILES string of the molecule is O=C(CSc1nnc(NCc2ccco2)s1)c1ccc(F)c(F)c1. The van der Waals surface area contributed by atoms with Crippen molar-refractivity contribution in [3.8, 4) is 0 Å². The van der Waals surface area contributed by atoms with Crippen LogP contribution in [0.5, 0.6) is 0 Å². The van der Waals surface area contributed by atoms with Crippen LogP contribution in [0.15, 0.2) is 45.4 Å². The summed E-state index contributed by atoms with van der Waals surface area (Å²) in [5, 5.41) is 11.6. The molecule has 1 N–H and O–H groups in total. The third kappa shape index (κ3) is 4.18.